The van der Waals surface area contributed by atoms with Crippen molar-refractivity contribution in [2.45, 2.75) is 30.5 Å². The monoisotopic (exact) mass is 688 g/mol. The lowest BCUT2D eigenvalue weighted by Crippen LogP contribution is -2.38. The van der Waals surface area contributed by atoms with Gasteiger partial charge < -0.3 is 34.4 Å². The molecule has 2 aromatic heterocycles. The smallest absolute Gasteiger partial charge is 0.329 e. The number of imidazole rings is 1. The first-order valence-electron chi connectivity index (χ1n) is 16.3. The topological polar surface area (TPSA) is 162 Å². The number of H-pyrrole nitrogens is 1. The van der Waals surface area contributed by atoms with Crippen LogP contribution in [0.2, 0.25) is 0 Å². The van der Waals surface area contributed by atoms with Gasteiger partial charge in [0.2, 0.25) is 0 Å². The summed E-state index contributed by atoms with van der Waals surface area (Å²) in [5, 5.41) is 16.7. The Labute approximate surface area is 292 Å². The number of amides is 2. The van der Waals surface area contributed by atoms with E-state index in [0.717, 1.165) is 16.7 Å². The fourth-order valence-electron chi connectivity index (χ4n) is 6.40. The number of aliphatic hydroxyl groups is 1. The largest absolute Gasteiger partial charge is 0.497 e. The van der Waals surface area contributed by atoms with E-state index in [9.17, 15) is 14.7 Å². The van der Waals surface area contributed by atoms with Crippen molar-refractivity contribution in [3.63, 3.8) is 0 Å². The maximum Gasteiger partial charge on any atom is 0.329 e. The average molecular weight is 689 g/mol. The summed E-state index contributed by atoms with van der Waals surface area (Å²) in [6.45, 7) is -0.0385. The van der Waals surface area contributed by atoms with Crippen molar-refractivity contribution in [3.05, 3.63) is 143 Å². The zero-order valence-corrected chi connectivity index (χ0v) is 27.9. The highest BCUT2D eigenvalue weighted by atomic mass is 16.6. The van der Waals surface area contributed by atoms with Gasteiger partial charge in [0.1, 0.15) is 41.3 Å². The predicted molar refractivity (Wildman–Crippen MR) is 190 cm³/mol. The second-order valence-electron chi connectivity index (χ2n) is 11.9. The quantitative estimate of drug-likeness (QED) is 0.130. The highest BCUT2D eigenvalue weighted by Crippen LogP contribution is 2.43. The molecule has 3 heterocycles. The fraction of sp³-hybridized carbons (Fsp3) is 0.211. The maximum atomic E-state index is 13.3. The van der Waals surface area contributed by atoms with E-state index in [0.29, 0.717) is 17.2 Å². The van der Waals surface area contributed by atoms with Gasteiger partial charge in [0, 0.05) is 12.1 Å². The van der Waals surface area contributed by atoms with Crippen LogP contribution in [-0.4, -0.2) is 63.7 Å². The molecule has 260 valence electrons. The Bertz CT molecular complexity index is 2110. The standard InChI is InChI=1S/C38H36N6O7/c1-48-28-17-13-25(14-18-28)38(24-9-5-3-6-10-24,26-15-19-29(49-2)20-16-26)50-22-31-30(45)21-32(51-31)44-35-33(42-37(44)47)34(39-23-40-35)43-36(46)41-27-11-7-4-8-12-27/h3-20,23,30-32,45H,21-22H2,1-2H3,(H,42,47)(H2,39,40,41,43,46)/t30-,31+,32+/m0/s1. The van der Waals surface area contributed by atoms with E-state index in [-0.39, 0.29) is 30.0 Å². The SMILES string of the molecule is COc1ccc(C(OC[C@H]2O[C@@H](n3c(=O)[nH]c4c(NC(=O)Nc5ccccc5)ncnc43)C[C@@H]2O)(c2ccccc2)c2ccc(OC)cc2)cc1. The molecule has 0 saturated carbocycles. The molecule has 51 heavy (non-hydrogen) atoms. The number of aromatic nitrogens is 4. The number of aliphatic hydroxyl groups excluding tert-OH is 1. The Morgan fingerprint density at radius 2 is 1.45 bits per heavy atom. The number of carbonyl (C=O) groups excluding carboxylic acids is 1. The van der Waals surface area contributed by atoms with Crippen LogP contribution >= 0.6 is 0 Å². The van der Waals surface area contributed by atoms with Gasteiger partial charge in [-0.05, 0) is 53.1 Å². The van der Waals surface area contributed by atoms with Gasteiger partial charge in [-0.1, -0.05) is 72.8 Å². The first-order chi connectivity index (χ1) is 24.9. The minimum absolute atomic E-state index is 0.0385. The van der Waals surface area contributed by atoms with Gasteiger partial charge in [0.05, 0.1) is 26.9 Å². The van der Waals surface area contributed by atoms with Crippen LogP contribution in [0.15, 0.2) is 120 Å². The molecule has 1 aliphatic heterocycles. The number of urea groups is 1. The van der Waals surface area contributed by atoms with E-state index in [1.165, 1.54) is 10.9 Å². The van der Waals surface area contributed by atoms with Crippen molar-refractivity contribution >= 4 is 28.7 Å². The van der Waals surface area contributed by atoms with Crippen molar-refractivity contribution in [1.29, 1.82) is 0 Å². The van der Waals surface area contributed by atoms with Crippen LogP contribution in [-0.2, 0) is 15.1 Å². The minimum Gasteiger partial charge on any atom is -0.497 e. The Kier molecular flexibility index (Phi) is 9.49. The normalized spacial score (nSPS) is 17.3. The summed E-state index contributed by atoms with van der Waals surface area (Å²) >= 11 is 0. The van der Waals surface area contributed by atoms with Crippen LogP contribution in [0.3, 0.4) is 0 Å². The van der Waals surface area contributed by atoms with Gasteiger partial charge >= 0.3 is 11.7 Å². The third kappa shape index (κ3) is 6.65. The average Bonchev–Trinajstić information content (AvgIpc) is 3.71. The fourth-order valence-corrected chi connectivity index (χ4v) is 6.40. The van der Waals surface area contributed by atoms with Crippen molar-refractivity contribution in [3.8, 4) is 11.5 Å². The summed E-state index contributed by atoms with van der Waals surface area (Å²) in [7, 11) is 3.22. The number of para-hydroxylation sites is 1. The molecule has 0 radical (unpaired) electrons. The van der Waals surface area contributed by atoms with Crippen LogP contribution in [0.25, 0.3) is 11.2 Å². The lowest BCUT2D eigenvalue weighted by atomic mass is 9.80. The molecular formula is C38H36N6O7. The van der Waals surface area contributed by atoms with Gasteiger partial charge in [-0.2, -0.15) is 0 Å². The van der Waals surface area contributed by atoms with E-state index in [4.69, 9.17) is 18.9 Å². The number of rotatable bonds is 11. The number of anilines is 2. The Balaban J connectivity index is 1.18. The number of hydrogen-bond acceptors (Lipinski definition) is 9. The summed E-state index contributed by atoms with van der Waals surface area (Å²) in [4.78, 5) is 37.3. The first-order valence-corrected chi connectivity index (χ1v) is 16.3. The number of nitrogens with one attached hydrogen (secondary N) is 3. The van der Waals surface area contributed by atoms with E-state index in [1.807, 2.05) is 84.9 Å². The van der Waals surface area contributed by atoms with Crippen LogP contribution < -0.4 is 25.8 Å². The Morgan fingerprint density at radius 3 is 2.06 bits per heavy atom. The molecule has 0 bridgehead atoms. The van der Waals surface area contributed by atoms with Crippen molar-refractivity contribution < 1.29 is 28.8 Å². The van der Waals surface area contributed by atoms with E-state index < -0.39 is 35.8 Å². The summed E-state index contributed by atoms with van der Waals surface area (Å²) < 4.78 is 25.5. The van der Waals surface area contributed by atoms with Crippen molar-refractivity contribution in [2.75, 3.05) is 31.5 Å². The highest BCUT2D eigenvalue weighted by Gasteiger charge is 2.42. The Hall–Kier alpha value is -6.02. The van der Waals surface area contributed by atoms with Gasteiger partial charge in [-0.3, -0.25) is 5.32 Å². The molecule has 13 heteroatoms. The van der Waals surface area contributed by atoms with Gasteiger partial charge in [-0.15, -0.1) is 0 Å². The molecule has 0 unspecified atom stereocenters. The summed E-state index contributed by atoms with van der Waals surface area (Å²) in [6.07, 6.45) is -1.35. The number of benzene rings is 4. The first kappa shape index (κ1) is 33.5. The number of aromatic amines is 1. The molecule has 6 aromatic rings. The van der Waals surface area contributed by atoms with E-state index in [2.05, 4.69) is 25.6 Å². The van der Waals surface area contributed by atoms with Crippen molar-refractivity contribution in [2.24, 2.45) is 0 Å². The molecule has 13 nitrogen and oxygen atoms in total. The van der Waals surface area contributed by atoms with Crippen LogP contribution in [0.5, 0.6) is 11.5 Å². The predicted octanol–water partition coefficient (Wildman–Crippen LogP) is 5.44. The molecule has 2 amide bonds. The number of ether oxygens (including phenoxy) is 4. The van der Waals surface area contributed by atoms with Gasteiger partial charge in [0.15, 0.2) is 11.5 Å². The molecule has 1 fully saturated rings. The van der Waals surface area contributed by atoms with Crippen LogP contribution in [0.4, 0.5) is 16.3 Å². The summed E-state index contributed by atoms with van der Waals surface area (Å²) in [5.74, 6) is 1.49. The molecule has 0 spiro atoms. The number of carbonyl (C=O) groups is 1. The maximum absolute atomic E-state index is 13.3. The van der Waals surface area contributed by atoms with Gasteiger partial charge in [0.25, 0.3) is 0 Å². The van der Waals surface area contributed by atoms with Gasteiger partial charge in [-0.25, -0.2) is 24.1 Å². The molecular weight excluding hydrogens is 652 g/mol. The summed E-state index contributed by atoms with van der Waals surface area (Å²) in [5.41, 5.74) is 1.84. The summed E-state index contributed by atoms with van der Waals surface area (Å²) in [6, 6.07) is 33.4. The molecule has 3 atom stereocenters. The molecule has 1 saturated heterocycles. The molecule has 7 rings (SSSR count). The highest BCUT2D eigenvalue weighted by molar-refractivity contribution is 6.02. The van der Waals surface area contributed by atoms with Crippen LogP contribution in [0, 0.1) is 0 Å². The van der Waals surface area contributed by atoms with Crippen LogP contribution in [0.1, 0.15) is 29.3 Å². The number of nitrogens with zero attached hydrogens (tertiary/aromatic N) is 3. The zero-order valence-electron chi connectivity index (χ0n) is 27.9. The van der Waals surface area contributed by atoms with Crippen molar-refractivity contribution in [1.82, 2.24) is 19.5 Å². The lowest BCUT2D eigenvalue weighted by Gasteiger charge is -2.37. The number of hydrogen-bond donors (Lipinski definition) is 4. The third-order valence-electron chi connectivity index (χ3n) is 8.90. The molecule has 4 aromatic carbocycles. The van der Waals surface area contributed by atoms with E-state index in [1.54, 1.807) is 38.5 Å². The lowest BCUT2D eigenvalue weighted by molar-refractivity contribution is -0.0935. The molecule has 4 N–H and O–H groups in total. The number of fused-ring (bicyclic) bond motifs is 1. The molecule has 1 aliphatic rings. The Morgan fingerprint density at radius 1 is 0.863 bits per heavy atom. The molecule has 0 aliphatic carbocycles. The number of methoxy groups -OCH3 is 2. The third-order valence-corrected chi connectivity index (χ3v) is 8.90. The second-order valence-corrected chi connectivity index (χ2v) is 11.9. The minimum atomic E-state index is -1.13. The van der Waals surface area contributed by atoms with E-state index >= 15 is 0 Å². The zero-order chi connectivity index (χ0) is 35.4. The second kappa shape index (κ2) is 14.5.